The Bertz CT molecular complexity index is 415. The highest BCUT2D eigenvalue weighted by molar-refractivity contribution is 5.78. The fourth-order valence-electron chi connectivity index (χ4n) is 1.26. The van der Waals surface area contributed by atoms with E-state index in [0.29, 0.717) is 10.4 Å². The van der Waals surface area contributed by atoms with Crippen molar-refractivity contribution in [3.63, 3.8) is 0 Å². The van der Waals surface area contributed by atoms with Gasteiger partial charge in [-0.25, -0.2) is 4.79 Å². The summed E-state index contributed by atoms with van der Waals surface area (Å²) in [6.45, 7) is 6.78. The van der Waals surface area contributed by atoms with Gasteiger partial charge in [0.25, 0.3) is 0 Å². The molecule has 94 valence electrons. The molecule has 0 spiro atoms. The highest BCUT2D eigenvalue weighted by atomic mass is 16.6. The van der Waals surface area contributed by atoms with Gasteiger partial charge in [-0.3, -0.25) is 0 Å². The third kappa shape index (κ3) is 3.09. The average Bonchev–Trinajstić information content (AvgIpc) is 2.25. The van der Waals surface area contributed by atoms with Crippen LogP contribution in [-0.2, 0) is 9.53 Å². The van der Waals surface area contributed by atoms with Crippen molar-refractivity contribution >= 4 is 5.97 Å². The van der Waals surface area contributed by atoms with Crippen molar-refractivity contribution in [2.24, 2.45) is 0 Å². The lowest BCUT2D eigenvalue weighted by molar-refractivity contribution is -0.621. The number of carbonyl (C=O) groups excluding carboxylic acids is 1. The zero-order chi connectivity index (χ0) is 13.1. The van der Waals surface area contributed by atoms with Gasteiger partial charge in [-0.15, -0.1) is 4.73 Å². The van der Waals surface area contributed by atoms with Gasteiger partial charge in [0.05, 0.1) is 12.7 Å². The summed E-state index contributed by atoms with van der Waals surface area (Å²) in [6, 6.07) is 4.87. The lowest BCUT2D eigenvalue weighted by atomic mass is 10.1. The maximum Gasteiger partial charge on any atom is 0.380 e. The molecule has 0 saturated carbocycles. The molecule has 5 nitrogen and oxygen atoms in total. The van der Waals surface area contributed by atoms with E-state index in [2.05, 4.69) is 0 Å². The number of rotatable bonds is 4. The molecule has 1 aromatic rings. The monoisotopic (exact) mass is 239 g/mol. The van der Waals surface area contributed by atoms with E-state index in [9.17, 15) is 10.0 Å². The molecule has 0 aliphatic carbocycles. The zero-order valence-corrected chi connectivity index (χ0v) is 10.5. The van der Waals surface area contributed by atoms with Gasteiger partial charge >= 0.3 is 11.8 Å². The number of carbonyl (C=O) groups is 1. The van der Waals surface area contributed by atoms with Crippen LogP contribution in [0, 0.1) is 12.1 Å². The van der Waals surface area contributed by atoms with Crippen LogP contribution in [0.4, 0.5) is 0 Å². The quantitative estimate of drug-likeness (QED) is 0.452. The van der Waals surface area contributed by atoms with Crippen molar-refractivity contribution in [3.8, 4) is 5.88 Å². The molecule has 0 aliphatic rings. The second kappa shape index (κ2) is 5.03. The van der Waals surface area contributed by atoms with Crippen molar-refractivity contribution in [2.45, 2.75) is 33.3 Å². The number of esters is 1. The predicted molar refractivity (Wildman–Crippen MR) is 61.5 cm³/mol. The fraction of sp³-hybridized carbons (Fsp3) is 0.500. The Morgan fingerprint density at radius 1 is 1.47 bits per heavy atom. The largest absolute Gasteiger partial charge is 0.616 e. The zero-order valence-electron chi connectivity index (χ0n) is 10.5. The number of nitrogens with zero attached hydrogens (tertiary/aromatic N) is 1. The topological polar surface area (TPSA) is 62.5 Å². The molecule has 1 aromatic heterocycles. The van der Waals surface area contributed by atoms with Gasteiger partial charge < -0.3 is 14.7 Å². The Labute approximate surface area is 101 Å². The fourth-order valence-corrected chi connectivity index (χ4v) is 1.26. The number of aromatic nitrogens is 1. The van der Waals surface area contributed by atoms with E-state index in [-0.39, 0.29) is 12.5 Å². The summed E-state index contributed by atoms with van der Waals surface area (Å²) in [7, 11) is 0. The summed E-state index contributed by atoms with van der Waals surface area (Å²) in [5.74, 6) is -0.412. The van der Waals surface area contributed by atoms with Crippen molar-refractivity contribution < 1.29 is 19.0 Å². The van der Waals surface area contributed by atoms with Gasteiger partial charge in [-0.2, -0.15) is 0 Å². The number of aryl methyl sites for hydroxylation is 1. The van der Waals surface area contributed by atoms with Crippen LogP contribution < -0.4 is 9.47 Å². The Morgan fingerprint density at radius 2 is 2.12 bits per heavy atom. The maximum absolute atomic E-state index is 11.7. The number of hydrogen-bond donors (Lipinski definition) is 0. The van der Waals surface area contributed by atoms with Crippen LogP contribution in [0.3, 0.4) is 0 Å². The third-order valence-electron chi connectivity index (χ3n) is 2.22. The molecule has 0 aliphatic heterocycles. The minimum Gasteiger partial charge on any atom is -0.616 e. The van der Waals surface area contributed by atoms with E-state index >= 15 is 0 Å². The van der Waals surface area contributed by atoms with Gasteiger partial charge in [0.2, 0.25) is 5.60 Å². The van der Waals surface area contributed by atoms with Crippen LogP contribution in [0.5, 0.6) is 5.88 Å². The molecule has 0 unspecified atom stereocenters. The highest BCUT2D eigenvalue weighted by Gasteiger charge is 2.34. The lowest BCUT2D eigenvalue weighted by Gasteiger charge is -2.22. The van der Waals surface area contributed by atoms with Gasteiger partial charge in [-0.1, -0.05) is 0 Å². The summed E-state index contributed by atoms with van der Waals surface area (Å²) in [5.41, 5.74) is -0.683. The molecular formula is C12H17NO4. The van der Waals surface area contributed by atoms with Gasteiger partial charge in [0.1, 0.15) is 0 Å². The standard InChI is InChI=1S/C12H17NO4/c1-5-16-11(14)12(3,4)17-10-8-6-7-9(2)13(10)15/h6-8H,5H2,1-4H3. The first-order chi connectivity index (χ1) is 7.88. The molecule has 0 N–H and O–H groups in total. The number of hydrogen-bond acceptors (Lipinski definition) is 4. The van der Waals surface area contributed by atoms with Crippen LogP contribution >= 0.6 is 0 Å². The van der Waals surface area contributed by atoms with Gasteiger partial charge in [-0.05, 0) is 26.8 Å². The molecule has 0 bridgehead atoms. The van der Waals surface area contributed by atoms with Crippen molar-refractivity contribution in [3.05, 3.63) is 29.1 Å². The summed E-state index contributed by atoms with van der Waals surface area (Å²) >= 11 is 0. The molecule has 17 heavy (non-hydrogen) atoms. The normalized spacial score (nSPS) is 11.1. The van der Waals surface area contributed by atoms with E-state index in [4.69, 9.17) is 9.47 Å². The SMILES string of the molecule is CCOC(=O)C(C)(C)Oc1cccc(C)[n+]1[O-]. The molecule has 5 heteroatoms. The van der Waals surface area contributed by atoms with Gasteiger partial charge in [0, 0.05) is 13.0 Å². The number of ether oxygens (including phenoxy) is 2. The predicted octanol–water partition coefficient (Wildman–Crippen LogP) is 1.35. The molecule has 0 radical (unpaired) electrons. The molecule has 1 heterocycles. The number of pyridine rings is 1. The Kier molecular flexibility index (Phi) is 3.93. The van der Waals surface area contributed by atoms with E-state index in [1.54, 1.807) is 39.8 Å². The second-order valence-corrected chi connectivity index (χ2v) is 4.13. The van der Waals surface area contributed by atoms with Crippen molar-refractivity contribution in [2.75, 3.05) is 6.61 Å². The van der Waals surface area contributed by atoms with Crippen LogP contribution in [0.2, 0.25) is 0 Å². The Balaban J connectivity index is 2.90. The maximum atomic E-state index is 11.7. The molecule has 0 amide bonds. The van der Waals surface area contributed by atoms with E-state index in [0.717, 1.165) is 0 Å². The first kappa shape index (κ1) is 13.3. The summed E-state index contributed by atoms with van der Waals surface area (Å²) in [4.78, 5) is 11.6. The molecule has 0 saturated heterocycles. The lowest BCUT2D eigenvalue weighted by Crippen LogP contribution is -2.44. The first-order valence-corrected chi connectivity index (χ1v) is 5.44. The second-order valence-electron chi connectivity index (χ2n) is 4.13. The third-order valence-corrected chi connectivity index (χ3v) is 2.22. The van der Waals surface area contributed by atoms with Crippen molar-refractivity contribution in [1.82, 2.24) is 0 Å². The van der Waals surface area contributed by atoms with Crippen LogP contribution in [0.25, 0.3) is 0 Å². The van der Waals surface area contributed by atoms with E-state index in [1.807, 2.05) is 0 Å². The minimum absolute atomic E-state index is 0.0862. The molecule has 1 rings (SSSR count). The summed E-state index contributed by atoms with van der Waals surface area (Å²) in [5, 5.41) is 11.7. The van der Waals surface area contributed by atoms with Crippen LogP contribution in [0.1, 0.15) is 26.5 Å². The van der Waals surface area contributed by atoms with Gasteiger partial charge in [0.15, 0.2) is 5.69 Å². The summed E-state index contributed by atoms with van der Waals surface area (Å²) < 4.78 is 10.9. The highest BCUT2D eigenvalue weighted by Crippen LogP contribution is 2.16. The molecule has 0 aromatic carbocycles. The summed E-state index contributed by atoms with van der Waals surface area (Å²) in [6.07, 6.45) is 0. The molecule has 0 fully saturated rings. The van der Waals surface area contributed by atoms with E-state index < -0.39 is 11.6 Å². The van der Waals surface area contributed by atoms with Crippen LogP contribution in [0.15, 0.2) is 18.2 Å². The molecular weight excluding hydrogens is 222 g/mol. The van der Waals surface area contributed by atoms with Crippen LogP contribution in [-0.4, -0.2) is 18.2 Å². The Hall–Kier alpha value is -1.78. The minimum atomic E-state index is -1.18. The Morgan fingerprint density at radius 3 is 2.71 bits per heavy atom. The first-order valence-electron chi connectivity index (χ1n) is 5.44. The molecule has 0 atom stereocenters. The average molecular weight is 239 g/mol. The van der Waals surface area contributed by atoms with Crippen molar-refractivity contribution in [1.29, 1.82) is 0 Å². The smallest absolute Gasteiger partial charge is 0.380 e. The van der Waals surface area contributed by atoms with E-state index in [1.165, 1.54) is 6.07 Å².